The summed E-state index contributed by atoms with van der Waals surface area (Å²) >= 11 is 1.73. The average Bonchev–Trinajstić information content (AvgIpc) is 3.23. The molecule has 4 nitrogen and oxygen atoms in total. The van der Waals surface area contributed by atoms with Crippen LogP contribution in [0.5, 0.6) is 0 Å². The molecule has 2 aromatic heterocycles. The molecule has 0 bridgehead atoms. The highest BCUT2D eigenvalue weighted by atomic mass is 32.1. The smallest absolute Gasteiger partial charge is 0.221 e. The monoisotopic (exact) mass is 347 g/mol. The maximum Gasteiger partial charge on any atom is 0.221 e. The van der Waals surface area contributed by atoms with Gasteiger partial charge in [0.2, 0.25) is 5.91 Å². The van der Waals surface area contributed by atoms with Crippen molar-refractivity contribution in [1.29, 1.82) is 0 Å². The van der Waals surface area contributed by atoms with E-state index in [9.17, 15) is 4.79 Å². The van der Waals surface area contributed by atoms with Crippen molar-refractivity contribution >= 4 is 38.5 Å². The summed E-state index contributed by atoms with van der Waals surface area (Å²) in [6, 6.07) is 12.3. The minimum Gasteiger partial charge on any atom is -0.326 e. The Morgan fingerprint density at radius 2 is 2.08 bits per heavy atom. The first-order valence-corrected chi connectivity index (χ1v) is 9.34. The fourth-order valence-electron chi connectivity index (χ4n) is 3.47. The highest BCUT2D eigenvalue weighted by molar-refractivity contribution is 7.16. The van der Waals surface area contributed by atoms with Gasteiger partial charge in [-0.15, -0.1) is 11.3 Å². The minimum absolute atomic E-state index is 0.0724. The van der Waals surface area contributed by atoms with Crippen molar-refractivity contribution in [3.63, 3.8) is 0 Å². The number of carbonyl (C=O) groups is 1. The maximum atomic E-state index is 11.7. The molecule has 1 aliphatic carbocycles. The Morgan fingerprint density at radius 1 is 1.24 bits per heavy atom. The van der Waals surface area contributed by atoms with Crippen molar-refractivity contribution < 1.29 is 4.79 Å². The summed E-state index contributed by atoms with van der Waals surface area (Å²) in [6.07, 6.45) is 4.46. The van der Waals surface area contributed by atoms with E-state index in [1.807, 2.05) is 30.6 Å². The van der Waals surface area contributed by atoms with Crippen LogP contribution in [0.1, 0.15) is 31.4 Å². The van der Waals surface area contributed by atoms with Gasteiger partial charge in [-0.05, 0) is 29.7 Å². The van der Waals surface area contributed by atoms with E-state index >= 15 is 0 Å². The van der Waals surface area contributed by atoms with E-state index < -0.39 is 0 Å². The lowest BCUT2D eigenvalue weighted by Gasteiger charge is -2.12. The fourth-order valence-corrected chi connectivity index (χ4v) is 4.54. The highest BCUT2D eigenvalue weighted by Crippen LogP contribution is 2.44. The van der Waals surface area contributed by atoms with E-state index in [2.05, 4.69) is 27.2 Å². The molecule has 1 aliphatic rings. The third-order valence-corrected chi connectivity index (χ3v) is 5.74. The van der Waals surface area contributed by atoms with Crippen LogP contribution < -0.4 is 5.32 Å². The van der Waals surface area contributed by atoms with Crippen LogP contribution in [0.15, 0.2) is 48.1 Å². The van der Waals surface area contributed by atoms with Crippen LogP contribution in [0.25, 0.3) is 26.9 Å². The second-order valence-electron chi connectivity index (χ2n) is 6.59. The molecule has 0 atom stereocenters. The van der Waals surface area contributed by atoms with Gasteiger partial charge in [0.1, 0.15) is 16.9 Å². The maximum absolute atomic E-state index is 11.7. The van der Waals surface area contributed by atoms with Crippen molar-refractivity contribution in [2.45, 2.75) is 25.7 Å². The lowest BCUT2D eigenvalue weighted by atomic mass is 10.0. The van der Waals surface area contributed by atoms with Gasteiger partial charge in [0.25, 0.3) is 0 Å². The number of anilines is 1. The molecule has 1 fully saturated rings. The predicted octanol–water partition coefficient (Wildman–Crippen LogP) is 5.05. The van der Waals surface area contributed by atoms with Gasteiger partial charge in [0.05, 0.1) is 5.69 Å². The molecule has 5 heteroatoms. The van der Waals surface area contributed by atoms with Gasteiger partial charge >= 0.3 is 0 Å². The van der Waals surface area contributed by atoms with Crippen LogP contribution >= 0.6 is 11.3 Å². The number of nitrogens with zero attached hydrogens (tertiary/aromatic N) is 2. The Bertz CT molecular complexity index is 1120. The van der Waals surface area contributed by atoms with Crippen LogP contribution in [0.3, 0.4) is 0 Å². The lowest BCUT2D eigenvalue weighted by molar-refractivity contribution is -0.114. The summed E-state index contributed by atoms with van der Waals surface area (Å²) in [5, 5.41) is 7.48. The van der Waals surface area contributed by atoms with Gasteiger partial charge in [-0.25, -0.2) is 4.98 Å². The molecular weight excluding hydrogens is 330 g/mol. The number of hydrogen-bond donors (Lipinski definition) is 1. The molecule has 2 heterocycles. The van der Waals surface area contributed by atoms with Crippen LogP contribution in [0, 0.1) is 0 Å². The third kappa shape index (κ3) is 2.35. The van der Waals surface area contributed by atoms with Crippen molar-refractivity contribution in [3.05, 3.63) is 53.8 Å². The topological polar surface area (TPSA) is 46.4 Å². The standard InChI is InChI=1S/C20H17N3OS/c1-12(24)22-16-9-8-13-4-2-3-5-15(13)18(16)19-20-23(11-21-19)17(10-25-20)14-6-7-14/h2-5,8-11,14H,6-7H2,1H3,(H,22,24). The second kappa shape index (κ2) is 5.43. The minimum atomic E-state index is -0.0724. The molecule has 0 radical (unpaired) electrons. The summed E-state index contributed by atoms with van der Waals surface area (Å²) in [6.45, 7) is 1.54. The Hall–Kier alpha value is -2.66. The Kier molecular flexibility index (Phi) is 3.18. The number of hydrogen-bond acceptors (Lipinski definition) is 3. The fraction of sp³-hybridized carbons (Fsp3) is 0.200. The first-order chi connectivity index (χ1) is 12.2. The summed E-state index contributed by atoms with van der Waals surface area (Å²) in [5.74, 6) is 0.606. The normalized spacial score (nSPS) is 14.3. The van der Waals surface area contributed by atoms with Crippen LogP contribution in [-0.4, -0.2) is 15.3 Å². The Morgan fingerprint density at radius 3 is 2.88 bits per heavy atom. The number of thiazole rings is 1. The summed E-state index contributed by atoms with van der Waals surface area (Å²) in [7, 11) is 0. The molecule has 2 aromatic carbocycles. The summed E-state index contributed by atoms with van der Waals surface area (Å²) in [4.78, 5) is 17.6. The SMILES string of the molecule is CC(=O)Nc1ccc2ccccc2c1-c1ncn2c(C3CC3)csc12. The Labute approximate surface area is 149 Å². The quantitative estimate of drug-likeness (QED) is 0.563. The van der Waals surface area contributed by atoms with Crippen molar-refractivity contribution in [2.24, 2.45) is 0 Å². The van der Waals surface area contributed by atoms with E-state index in [-0.39, 0.29) is 5.91 Å². The molecule has 0 aliphatic heterocycles. The molecule has 4 aromatic rings. The number of rotatable bonds is 3. The summed E-state index contributed by atoms with van der Waals surface area (Å²) in [5.41, 5.74) is 4.12. The number of imidazole rings is 1. The number of aromatic nitrogens is 2. The predicted molar refractivity (Wildman–Crippen MR) is 102 cm³/mol. The van der Waals surface area contributed by atoms with Gasteiger partial charge in [0, 0.05) is 29.5 Å². The van der Waals surface area contributed by atoms with E-state index in [1.54, 1.807) is 11.3 Å². The molecule has 1 saturated carbocycles. The van der Waals surface area contributed by atoms with Crippen molar-refractivity contribution in [1.82, 2.24) is 9.38 Å². The highest BCUT2D eigenvalue weighted by Gasteiger charge is 2.28. The molecule has 1 amide bonds. The molecule has 1 N–H and O–H groups in total. The van der Waals surface area contributed by atoms with Crippen molar-refractivity contribution in [3.8, 4) is 11.3 Å². The molecule has 124 valence electrons. The van der Waals surface area contributed by atoms with Gasteiger partial charge in [-0.3, -0.25) is 9.20 Å². The van der Waals surface area contributed by atoms with Crippen LogP contribution in [0.2, 0.25) is 0 Å². The van der Waals surface area contributed by atoms with E-state index in [0.717, 1.165) is 32.5 Å². The number of fused-ring (bicyclic) bond motifs is 2. The van der Waals surface area contributed by atoms with Crippen LogP contribution in [0.4, 0.5) is 5.69 Å². The molecule has 0 saturated heterocycles. The van der Waals surface area contributed by atoms with E-state index in [1.165, 1.54) is 25.5 Å². The molecule has 0 spiro atoms. The average molecular weight is 347 g/mol. The number of carbonyl (C=O) groups excluding carboxylic acids is 1. The van der Waals surface area contributed by atoms with Gasteiger partial charge in [-0.1, -0.05) is 30.3 Å². The van der Waals surface area contributed by atoms with Gasteiger partial charge < -0.3 is 5.32 Å². The van der Waals surface area contributed by atoms with Gasteiger partial charge in [-0.2, -0.15) is 0 Å². The lowest BCUT2D eigenvalue weighted by Crippen LogP contribution is -2.07. The second-order valence-corrected chi connectivity index (χ2v) is 7.45. The molecule has 0 unspecified atom stereocenters. The van der Waals surface area contributed by atoms with E-state index in [4.69, 9.17) is 4.98 Å². The molecule has 5 rings (SSSR count). The largest absolute Gasteiger partial charge is 0.326 e. The van der Waals surface area contributed by atoms with Crippen LogP contribution in [-0.2, 0) is 4.79 Å². The van der Waals surface area contributed by atoms with Gasteiger partial charge in [0.15, 0.2) is 0 Å². The zero-order valence-corrected chi connectivity index (χ0v) is 14.6. The molecular formula is C20H17N3OS. The number of amides is 1. The Balaban J connectivity index is 1.80. The zero-order valence-electron chi connectivity index (χ0n) is 13.8. The number of nitrogens with one attached hydrogen (secondary N) is 1. The zero-order chi connectivity index (χ0) is 17.0. The first-order valence-electron chi connectivity index (χ1n) is 8.46. The number of benzene rings is 2. The third-order valence-electron chi connectivity index (χ3n) is 4.77. The summed E-state index contributed by atoms with van der Waals surface area (Å²) < 4.78 is 2.22. The molecule has 25 heavy (non-hydrogen) atoms. The van der Waals surface area contributed by atoms with Crippen molar-refractivity contribution in [2.75, 3.05) is 5.32 Å². The van der Waals surface area contributed by atoms with E-state index in [0.29, 0.717) is 5.92 Å². The first kappa shape index (κ1) is 14.7.